The molecule has 0 fully saturated rings. The first-order valence-electron chi connectivity index (χ1n) is 6.21. The van der Waals surface area contributed by atoms with E-state index in [9.17, 15) is 14.7 Å². The van der Waals surface area contributed by atoms with Gasteiger partial charge in [0.1, 0.15) is 11.3 Å². The van der Waals surface area contributed by atoms with Gasteiger partial charge in [0.2, 0.25) is 11.2 Å². The molecule has 3 aromatic rings. The molecule has 1 heterocycles. The molecule has 0 atom stereocenters. The second-order valence-corrected chi connectivity index (χ2v) is 5.75. The van der Waals surface area contributed by atoms with E-state index in [1.807, 2.05) is 0 Å². The van der Waals surface area contributed by atoms with Crippen molar-refractivity contribution in [1.82, 2.24) is 0 Å². The van der Waals surface area contributed by atoms with Crippen LogP contribution in [0.4, 0.5) is 0 Å². The standard InChI is InChI=1S/C16H7BrO4/c17-7-1-3-9-11(5-7)15(20)16-13(9)14(19)10-4-2-8(18)6-12(10)21-16/h1-6,18H. The van der Waals surface area contributed by atoms with Crippen LogP contribution in [0.5, 0.6) is 5.75 Å². The summed E-state index contributed by atoms with van der Waals surface area (Å²) in [6, 6.07) is 9.44. The van der Waals surface area contributed by atoms with Gasteiger partial charge in [-0.15, -0.1) is 0 Å². The van der Waals surface area contributed by atoms with E-state index >= 15 is 0 Å². The van der Waals surface area contributed by atoms with Gasteiger partial charge in [-0.25, -0.2) is 0 Å². The van der Waals surface area contributed by atoms with Gasteiger partial charge < -0.3 is 9.52 Å². The molecule has 1 aliphatic carbocycles. The van der Waals surface area contributed by atoms with Gasteiger partial charge in [0, 0.05) is 21.7 Å². The third kappa shape index (κ3) is 1.61. The largest absolute Gasteiger partial charge is 0.508 e. The highest BCUT2D eigenvalue weighted by Gasteiger charge is 2.32. The molecule has 0 aliphatic heterocycles. The molecule has 0 saturated heterocycles. The fourth-order valence-electron chi connectivity index (χ4n) is 2.63. The average Bonchev–Trinajstić information content (AvgIpc) is 2.72. The van der Waals surface area contributed by atoms with Gasteiger partial charge in [-0.3, -0.25) is 9.59 Å². The van der Waals surface area contributed by atoms with E-state index in [1.165, 1.54) is 18.2 Å². The molecule has 2 aromatic carbocycles. The van der Waals surface area contributed by atoms with Crippen LogP contribution >= 0.6 is 15.9 Å². The Hall–Kier alpha value is -2.40. The Morgan fingerprint density at radius 1 is 1.00 bits per heavy atom. The third-order valence-corrected chi connectivity index (χ3v) is 4.07. The van der Waals surface area contributed by atoms with Crippen LogP contribution in [-0.4, -0.2) is 10.9 Å². The number of halogens is 1. The number of carbonyl (C=O) groups excluding carboxylic acids is 1. The highest BCUT2D eigenvalue weighted by Crippen LogP contribution is 2.37. The van der Waals surface area contributed by atoms with E-state index in [0.29, 0.717) is 22.1 Å². The molecular formula is C16H7BrO4. The van der Waals surface area contributed by atoms with Crippen LogP contribution in [0.25, 0.3) is 22.1 Å². The van der Waals surface area contributed by atoms with Crippen molar-refractivity contribution in [3.05, 3.63) is 62.4 Å². The zero-order valence-electron chi connectivity index (χ0n) is 10.5. The Morgan fingerprint density at radius 2 is 1.81 bits per heavy atom. The lowest BCUT2D eigenvalue weighted by Gasteiger charge is -2.02. The summed E-state index contributed by atoms with van der Waals surface area (Å²) in [4.78, 5) is 25.0. The molecule has 4 rings (SSSR count). The van der Waals surface area contributed by atoms with Crippen LogP contribution in [0, 0.1) is 0 Å². The maximum absolute atomic E-state index is 12.6. The van der Waals surface area contributed by atoms with Gasteiger partial charge in [-0.05, 0) is 24.3 Å². The highest BCUT2D eigenvalue weighted by atomic mass is 79.9. The monoisotopic (exact) mass is 342 g/mol. The Labute approximate surface area is 126 Å². The first kappa shape index (κ1) is 12.3. The van der Waals surface area contributed by atoms with Gasteiger partial charge in [0.15, 0.2) is 5.76 Å². The van der Waals surface area contributed by atoms with Gasteiger partial charge in [0.25, 0.3) is 0 Å². The minimum atomic E-state index is -0.316. The number of hydrogen-bond donors (Lipinski definition) is 1. The molecule has 1 aliphatic rings. The number of phenolic OH excluding ortho intramolecular Hbond substituents is 1. The quantitative estimate of drug-likeness (QED) is 0.531. The van der Waals surface area contributed by atoms with E-state index in [4.69, 9.17) is 4.42 Å². The van der Waals surface area contributed by atoms with E-state index in [0.717, 1.165) is 4.47 Å². The minimum absolute atomic E-state index is 0.0173. The van der Waals surface area contributed by atoms with Crippen molar-refractivity contribution >= 4 is 32.7 Å². The van der Waals surface area contributed by atoms with Crippen molar-refractivity contribution in [3.63, 3.8) is 0 Å². The van der Waals surface area contributed by atoms with Crippen molar-refractivity contribution < 1.29 is 14.3 Å². The molecular weight excluding hydrogens is 336 g/mol. The number of benzene rings is 2. The fraction of sp³-hybridized carbons (Fsp3) is 0. The van der Waals surface area contributed by atoms with Crippen LogP contribution in [-0.2, 0) is 0 Å². The zero-order valence-corrected chi connectivity index (χ0v) is 12.1. The number of hydrogen-bond acceptors (Lipinski definition) is 4. The van der Waals surface area contributed by atoms with E-state index in [1.54, 1.807) is 18.2 Å². The van der Waals surface area contributed by atoms with Gasteiger partial charge >= 0.3 is 0 Å². The SMILES string of the molecule is O=C1c2cc(Br)ccc2-c2c1oc1cc(O)ccc1c2=O. The lowest BCUT2D eigenvalue weighted by molar-refractivity contribution is 0.102. The Bertz CT molecular complexity index is 1000. The fourth-order valence-corrected chi connectivity index (χ4v) is 2.99. The molecule has 102 valence electrons. The minimum Gasteiger partial charge on any atom is -0.508 e. The summed E-state index contributed by atoms with van der Waals surface area (Å²) < 4.78 is 6.34. The number of fused-ring (bicyclic) bond motifs is 4. The van der Waals surface area contributed by atoms with E-state index in [-0.39, 0.29) is 28.3 Å². The van der Waals surface area contributed by atoms with Crippen molar-refractivity contribution in [3.8, 4) is 16.9 Å². The zero-order chi connectivity index (χ0) is 14.7. The maximum atomic E-state index is 12.6. The number of ketones is 1. The maximum Gasteiger partial charge on any atom is 0.229 e. The summed E-state index contributed by atoms with van der Waals surface area (Å²) in [5.74, 6) is -0.300. The highest BCUT2D eigenvalue weighted by molar-refractivity contribution is 9.10. The van der Waals surface area contributed by atoms with E-state index < -0.39 is 0 Å². The molecule has 0 saturated carbocycles. The lowest BCUT2D eigenvalue weighted by Crippen LogP contribution is -2.06. The summed E-state index contributed by atoms with van der Waals surface area (Å²) in [7, 11) is 0. The average molecular weight is 343 g/mol. The number of aromatic hydroxyl groups is 1. The second-order valence-electron chi connectivity index (χ2n) is 4.83. The predicted octanol–water partition coefficient (Wildman–Crippen LogP) is 3.47. The normalized spacial score (nSPS) is 12.5. The third-order valence-electron chi connectivity index (χ3n) is 3.58. The smallest absolute Gasteiger partial charge is 0.229 e. The Kier molecular flexibility index (Phi) is 2.38. The molecule has 0 spiro atoms. The predicted molar refractivity (Wildman–Crippen MR) is 80.7 cm³/mol. The molecule has 0 radical (unpaired) electrons. The molecule has 1 N–H and O–H groups in total. The summed E-state index contributed by atoms with van der Waals surface area (Å²) in [6.45, 7) is 0. The van der Waals surface area contributed by atoms with Gasteiger partial charge in [0.05, 0.1) is 10.9 Å². The van der Waals surface area contributed by atoms with E-state index in [2.05, 4.69) is 15.9 Å². The van der Waals surface area contributed by atoms with Gasteiger partial charge in [-0.1, -0.05) is 22.0 Å². The van der Waals surface area contributed by atoms with Crippen LogP contribution in [0.2, 0.25) is 0 Å². The molecule has 0 unspecified atom stereocenters. The molecule has 5 heteroatoms. The molecule has 4 nitrogen and oxygen atoms in total. The molecule has 0 amide bonds. The van der Waals surface area contributed by atoms with Crippen LogP contribution < -0.4 is 5.43 Å². The Morgan fingerprint density at radius 3 is 2.62 bits per heavy atom. The summed E-state index contributed by atoms with van der Waals surface area (Å²) in [5, 5.41) is 9.84. The number of phenols is 1. The summed E-state index contributed by atoms with van der Waals surface area (Å²) >= 11 is 3.32. The summed E-state index contributed by atoms with van der Waals surface area (Å²) in [6.07, 6.45) is 0. The van der Waals surface area contributed by atoms with Gasteiger partial charge in [-0.2, -0.15) is 0 Å². The first-order chi connectivity index (χ1) is 10.1. The van der Waals surface area contributed by atoms with Crippen molar-refractivity contribution in [2.45, 2.75) is 0 Å². The lowest BCUT2D eigenvalue weighted by atomic mass is 10.1. The van der Waals surface area contributed by atoms with Crippen molar-refractivity contribution in [1.29, 1.82) is 0 Å². The first-order valence-corrected chi connectivity index (χ1v) is 7.00. The number of rotatable bonds is 0. The van der Waals surface area contributed by atoms with Crippen LogP contribution in [0.1, 0.15) is 16.1 Å². The topological polar surface area (TPSA) is 67.5 Å². The molecule has 0 bridgehead atoms. The Balaban J connectivity index is 2.17. The second kappa shape index (κ2) is 4.05. The molecule has 21 heavy (non-hydrogen) atoms. The van der Waals surface area contributed by atoms with Crippen molar-refractivity contribution in [2.24, 2.45) is 0 Å². The van der Waals surface area contributed by atoms with Crippen LogP contribution in [0.15, 0.2) is 50.1 Å². The summed E-state index contributed by atoms with van der Waals surface area (Å²) in [5.41, 5.74) is 1.27. The van der Waals surface area contributed by atoms with Crippen LogP contribution in [0.3, 0.4) is 0 Å². The van der Waals surface area contributed by atoms with Crippen molar-refractivity contribution in [2.75, 3.05) is 0 Å². The number of carbonyl (C=O) groups is 1. The molecule has 1 aromatic heterocycles.